The fraction of sp³-hybridized carbons (Fsp3) is 0.429. The number of nitrogens with zero attached hydrogens (tertiary/aromatic N) is 2. The summed E-state index contributed by atoms with van der Waals surface area (Å²) in [6.07, 6.45) is 2.23. The van der Waals surface area contributed by atoms with Crippen LogP contribution >= 0.6 is 28.4 Å². The Morgan fingerprint density at radius 2 is 2.54 bits per heavy atom. The maximum absolute atomic E-state index is 11.3. The largest absolute Gasteiger partial charge is 0.462 e. The van der Waals surface area contributed by atoms with Crippen LogP contribution in [0.25, 0.3) is 0 Å². The highest BCUT2D eigenvalue weighted by Crippen LogP contribution is 2.24. The molecule has 1 atom stereocenters. The molecule has 4 nitrogen and oxygen atoms in total. The Morgan fingerprint density at radius 1 is 1.85 bits per heavy atom. The smallest absolute Gasteiger partial charge is 0.341 e. The number of ether oxygens (including phenoxy) is 1. The zero-order valence-corrected chi connectivity index (χ0v) is 10.5. The van der Waals surface area contributed by atoms with E-state index in [1.165, 1.54) is 0 Å². The third-order valence-electron chi connectivity index (χ3n) is 1.48. The molecule has 0 bridgehead atoms. The molecular weight excluding hydrogens is 302 g/mol. The third kappa shape index (κ3) is 2.64. The van der Waals surface area contributed by atoms with E-state index < -0.39 is 0 Å². The van der Waals surface area contributed by atoms with Crippen molar-refractivity contribution in [3.8, 4) is 0 Å². The molecule has 0 aromatic carbocycles. The Hall–Kier alpha value is -0.160. The van der Waals surface area contributed by atoms with Crippen molar-refractivity contribution in [1.82, 2.24) is 9.55 Å². The molecule has 1 rings (SSSR count). The van der Waals surface area contributed by atoms with Gasteiger partial charge in [-0.1, -0.05) is 0 Å². The van der Waals surface area contributed by atoms with E-state index >= 15 is 0 Å². The lowest BCUT2D eigenvalue weighted by Gasteiger charge is -1.97. The summed E-state index contributed by atoms with van der Waals surface area (Å²) in [6, 6.07) is 0. The van der Waals surface area contributed by atoms with E-state index in [4.69, 9.17) is 4.74 Å². The number of aryl methyl sites for hydroxylation is 1. The molecule has 0 aliphatic heterocycles. The summed E-state index contributed by atoms with van der Waals surface area (Å²) in [5.74, 6) is -0.291. The molecular formula is C7H10IN2O2P. The minimum atomic E-state index is -0.291. The molecule has 6 heteroatoms. The standard InChI is InChI=1S/C7H10IN2O2P/c1-3-12-7(11)6-4-10(13-8)9-5(6)2/h4,13H,3H2,1-2H3. The molecule has 0 N–H and O–H groups in total. The minimum absolute atomic E-state index is 0.291. The molecule has 1 aromatic rings. The molecule has 0 spiro atoms. The molecule has 0 saturated heterocycles. The molecule has 1 heterocycles. The van der Waals surface area contributed by atoms with Gasteiger partial charge in [-0.3, -0.25) is 0 Å². The number of rotatable bonds is 3. The fourth-order valence-corrected chi connectivity index (χ4v) is 2.02. The molecule has 0 aliphatic rings. The number of halogens is 1. The lowest BCUT2D eigenvalue weighted by molar-refractivity contribution is 0.0525. The Kier molecular flexibility index (Phi) is 4.12. The van der Waals surface area contributed by atoms with Gasteiger partial charge in [-0.2, -0.15) is 5.10 Å². The minimum Gasteiger partial charge on any atom is -0.462 e. The van der Waals surface area contributed by atoms with Crippen molar-refractivity contribution in [3.05, 3.63) is 17.5 Å². The Bertz CT molecular complexity index is 313. The quantitative estimate of drug-likeness (QED) is 0.488. The predicted molar refractivity (Wildman–Crippen MR) is 60.7 cm³/mol. The molecule has 1 unspecified atom stereocenters. The monoisotopic (exact) mass is 312 g/mol. The van der Waals surface area contributed by atoms with Crippen molar-refractivity contribution in [2.45, 2.75) is 13.8 Å². The average molecular weight is 312 g/mol. The first-order valence-electron chi connectivity index (χ1n) is 3.79. The van der Waals surface area contributed by atoms with Crippen LogP contribution in [0.5, 0.6) is 0 Å². The van der Waals surface area contributed by atoms with E-state index in [0.29, 0.717) is 18.5 Å². The van der Waals surface area contributed by atoms with E-state index in [-0.39, 0.29) is 5.97 Å². The van der Waals surface area contributed by atoms with Gasteiger partial charge in [0.15, 0.2) is 0 Å². The number of esters is 1. The average Bonchev–Trinajstić information content (AvgIpc) is 2.47. The summed E-state index contributed by atoms with van der Waals surface area (Å²) in [5.41, 5.74) is 1.29. The van der Waals surface area contributed by atoms with Gasteiger partial charge in [0.2, 0.25) is 0 Å². The lowest BCUT2D eigenvalue weighted by Crippen LogP contribution is -2.04. The summed E-state index contributed by atoms with van der Waals surface area (Å²) < 4.78 is 6.61. The van der Waals surface area contributed by atoms with Gasteiger partial charge in [-0.25, -0.2) is 9.25 Å². The maximum atomic E-state index is 11.3. The van der Waals surface area contributed by atoms with Crippen LogP contribution in [0.4, 0.5) is 0 Å². The molecule has 0 amide bonds. The number of carbonyl (C=O) groups is 1. The molecule has 1 aromatic heterocycles. The van der Waals surface area contributed by atoms with Crippen molar-refractivity contribution in [2.75, 3.05) is 6.61 Å². The number of carbonyl (C=O) groups excluding carboxylic acids is 1. The van der Waals surface area contributed by atoms with Crippen LogP contribution in [0.15, 0.2) is 6.20 Å². The summed E-state index contributed by atoms with van der Waals surface area (Å²) in [5, 5.41) is 4.15. The zero-order chi connectivity index (χ0) is 9.84. The van der Waals surface area contributed by atoms with Crippen LogP contribution in [-0.4, -0.2) is 22.1 Å². The first kappa shape index (κ1) is 10.9. The second kappa shape index (κ2) is 4.91. The first-order valence-corrected chi connectivity index (χ1v) is 7.85. The molecule has 72 valence electrons. The van der Waals surface area contributed by atoms with Crippen LogP contribution in [0.3, 0.4) is 0 Å². The normalized spacial score (nSPS) is 11.0. The lowest BCUT2D eigenvalue weighted by atomic mass is 10.3. The summed E-state index contributed by atoms with van der Waals surface area (Å²) >= 11 is 2.20. The molecule has 0 fully saturated rings. The van der Waals surface area contributed by atoms with Crippen LogP contribution < -0.4 is 0 Å². The molecule has 0 aliphatic carbocycles. The van der Waals surface area contributed by atoms with Gasteiger partial charge in [0.05, 0.1) is 18.7 Å². The van der Waals surface area contributed by atoms with Gasteiger partial charge in [0.1, 0.15) is 5.56 Å². The Morgan fingerprint density at radius 3 is 3.00 bits per heavy atom. The van der Waals surface area contributed by atoms with E-state index in [1.54, 1.807) is 24.5 Å². The van der Waals surface area contributed by atoms with E-state index in [0.717, 1.165) is 5.69 Å². The highest BCUT2D eigenvalue weighted by molar-refractivity contribution is 14.2. The van der Waals surface area contributed by atoms with Gasteiger partial charge >= 0.3 is 5.97 Å². The Balaban J connectivity index is 2.87. The van der Waals surface area contributed by atoms with Crippen molar-refractivity contribution in [2.24, 2.45) is 0 Å². The Labute approximate surface area is 91.4 Å². The maximum Gasteiger partial charge on any atom is 0.341 e. The van der Waals surface area contributed by atoms with Gasteiger partial charge in [0.25, 0.3) is 0 Å². The van der Waals surface area contributed by atoms with E-state index in [9.17, 15) is 4.79 Å². The fourth-order valence-electron chi connectivity index (χ4n) is 0.913. The van der Waals surface area contributed by atoms with Crippen molar-refractivity contribution in [3.63, 3.8) is 0 Å². The van der Waals surface area contributed by atoms with Gasteiger partial charge < -0.3 is 4.74 Å². The van der Waals surface area contributed by atoms with Crippen molar-refractivity contribution < 1.29 is 9.53 Å². The van der Waals surface area contributed by atoms with Crippen LogP contribution in [0.1, 0.15) is 23.0 Å². The first-order chi connectivity index (χ1) is 6.19. The summed E-state index contributed by atoms with van der Waals surface area (Å²) in [4.78, 5) is 11.3. The van der Waals surface area contributed by atoms with Gasteiger partial charge in [-0.05, 0) is 35.9 Å². The molecule has 0 radical (unpaired) electrons. The number of hydrogen-bond donors (Lipinski definition) is 0. The van der Waals surface area contributed by atoms with Crippen molar-refractivity contribution in [1.29, 1.82) is 0 Å². The van der Waals surface area contributed by atoms with Gasteiger partial charge in [0, 0.05) is 6.20 Å². The SMILES string of the molecule is CCOC(=O)c1cn(PI)nc1C. The highest BCUT2D eigenvalue weighted by atomic mass is 127. The summed E-state index contributed by atoms with van der Waals surface area (Å²) in [7, 11) is 0. The van der Waals surface area contributed by atoms with E-state index in [1.807, 2.05) is 0 Å². The highest BCUT2D eigenvalue weighted by Gasteiger charge is 2.13. The van der Waals surface area contributed by atoms with Crippen LogP contribution in [0, 0.1) is 6.92 Å². The second-order valence-corrected chi connectivity index (χ2v) is 4.45. The molecule has 13 heavy (non-hydrogen) atoms. The van der Waals surface area contributed by atoms with Crippen LogP contribution in [-0.2, 0) is 4.74 Å². The number of hydrogen-bond acceptors (Lipinski definition) is 3. The third-order valence-corrected chi connectivity index (χ3v) is 3.37. The van der Waals surface area contributed by atoms with Crippen molar-refractivity contribution >= 4 is 34.4 Å². The topological polar surface area (TPSA) is 44.1 Å². The predicted octanol–water partition coefficient (Wildman–Crippen LogP) is 2.16. The molecule has 0 saturated carbocycles. The summed E-state index contributed by atoms with van der Waals surface area (Å²) in [6.45, 7) is 3.99. The second-order valence-electron chi connectivity index (χ2n) is 2.38. The zero-order valence-electron chi connectivity index (χ0n) is 7.37. The van der Waals surface area contributed by atoms with Gasteiger partial charge in [-0.15, -0.1) is 0 Å². The van der Waals surface area contributed by atoms with Crippen LogP contribution in [0.2, 0.25) is 0 Å². The van der Waals surface area contributed by atoms with E-state index in [2.05, 4.69) is 27.1 Å². The number of aromatic nitrogens is 2.